The monoisotopic (exact) mass is 353 g/mol. The number of ether oxygens (including phenoxy) is 1. The minimum absolute atomic E-state index is 0.0224. The molecule has 2 aromatic carbocycles. The van der Waals surface area contributed by atoms with Crippen molar-refractivity contribution >= 4 is 17.3 Å². The Balaban J connectivity index is 1.64. The van der Waals surface area contributed by atoms with Gasteiger partial charge in [-0.05, 0) is 29.3 Å². The number of non-ortho nitro benzene ring substituents is 1. The average Bonchev–Trinajstić information content (AvgIpc) is 3.11. The largest absolute Gasteiger partial charge is 0.471 e. The smallest absolute Gasteiger partial charge is 0.294 e. The molecule has 1 N–H and O–H groups in total. The number of amides is 1. The molecule has 3 aromatic rings. The topological polar surface area (TPSA) is 108 Å². The van der Waals surface area contributed by atoms with E-state index in [4.69, 9.17) is 9.26 Å². The van der Waals surface area contributed by atoms with Crippen LogP contribution in [0.3, 0.4) is 0 Å². The van der Waals surface area contributed by atoms with Crippen molar-refractivity contribution in [3.05, 3.63) is 81.6 Å². The molecule has 0 spiro atoms. The van der Waals surface area contributed by atoms with E-state index in [1.165, 1.54) is 24.3 Å². The van der Waals surface area contributed by atoms with Gasteiger partial charge >= 0.3 is 0 Å². The molecule has 0 aliphatic carbocycles. The predicted molar refractivity (Wildman–Crippen MR) is 93.1 cm³/mol. The maximum absolute atomic E-state index is 12.2. The van der Waals surface area contributed by atoms with Crippen LogP contribution in [0, 0.1) is 17.0 Å². The molecular formula is C18H15N3O5. The summed E-state index contributed by atoms with van der Waals surface area (Å²) in [6.45, 7) is 1.97. The lowest BCUT2D eigenvalue weighted by Gasteiger charge is -2.06. The highest BCUT2D eigenvalue weighted by Gasteiger charge is 2.16. The first-order valence-electron chi connectivity index (χ1n) is 7.73. The second kappa shape index (κ2) is 7.47. The van der Waals surface area contributed by atoms with Gasteiger partial charge in [0.15, 0.2) is 0 Å². The molecule has 0 radical (unpaired) electrons. The Kier molecular flexibility index (Phi) is 4.93. The maximum atomic E-state index is 12.2. The molecule has 3 rings (SSSR count). The first-order chi connectivity index (χ1) is 12.5. The zero-order chi connectivity index (χ0) is 18.5. The molecule has 1 amide bonds. The number of hydrogen-bond donors (Lipinski definition) is 1. The highest BCUT2D eigenvalue weighted by atomic mass is 16.6. The van der Waals surface area contributed by atoms with Crippen LogP contribution in [0.5, 0.6) is 5.88 Å². The number of aromatic nitrogens is 1. The number of benzene rings is 2. The third kappa shape index (κ3) is 4.04. The van der Waals surface area contributed by atoms with E-state index >= 15 is 0 Å². The number of nitrogens with one attached hydrogen (secondary N) is 1. The zero-order valence-electron chi connectivity index (χ0n) is 13.8. The van der Waals surface area contributed by atoms with Crippen molar-refractivity contribution in [2.45, 2.75) is 13.5 Å². The van der Waals surface area contributed by atoms with Crippen LogP contribution in [-0.4, -0.2) is 16.0 Å². The number of hydrogen-bond acceptors (Lipinski definition) is 6. The number of anilines is 1. The van der Waals surface area contributed by atoms with Crippen LogP contribution in [0.1, 0.15) is 21.7 Å². The molecular weight excluding hydrogens is 338 g/mol. The minimum Gasteiger partial charge on any atom is -0.471 e. The molecule has 0 unspecified atom stereocenters. The Bertz CT molecular complexity index is 937. The molecule has 8 nitrogen and oxygen atoms in total. The molecule has 0 aliphatic heterocycles. The number of carbonyl (C=O) groups excluding carboxylic acids is 1. The van der Waals surface area contributed by atoms with Gasteiger partial charge in [0, 0.05) is 17.8 Å². The maximum Gasteiger partial charge on any atom is 0.294 e. The number of carbonyl (C=O) groups is 1. The van der Waals surface area contributed by atoms with Gasteiger partial charge in [0.2, 0.25) is 5.76 Å². The molecule has 0 aliphatic rings. The summed E-state index contributed by atoms with van der Waals surface area (Å²) in [6, 6.07) is 15.1. The van der Waals surface area contributed by atoms with Gasteiger partial charge < -0.3 is 14.6 Å². The second-order valence-electron chi connectivity index (χ2n) is 5.51. The highest BCUT2D eigenvalue weighted by Crippen LogP contribution is 2.22. The summed E-state index contributed by atoms with van der Waals surface area (Å²) in [5.41, 5.74) is 1.93. The van der Waals surface area contributed by atoms with Gasteiger partial charge in [-0.1, -0.05) is 30.3 Å². The SMILES string of the molecule is Cc1cc([N+](=O)[O-])ccc1NC(=O)c1cc(OCc2ccccc2)no1. The third-order valence-electron chi connectivity index (χ3n) is 3.61. The zero-order valence-corrected chi connectivity index (χ0v) is 13.8. The van der Waals surface area contributed by atoms with E-state index in [9.17, 15) is 14.9 Å². The summed E-state index contributed by atoms with van der Waals surface area (Å²) >= 11 is 0. The number of nitrogens with zero attached hydrogens (tertiary/aromatic N) is 2. The Morgan fingerprint density at radius 3 is 2.69 bits per heavy atom. The van der Waals surface area contributed by atoms with Crippen molar-refractivity contribution in [2.75, 3.05) is 5.32 Å². The first kappa shape index (κ1) is 17.2. The van der Waals surface area contributed by atoms with E-state index in [0.717, 1.165) is 5.56 Å². The summed E-state index contributed by atoms with van der Waals surface area (Å²) in [7, 11) is 0. The summed E-state index contributed by atoms with van der Waals surface area (Å²) in [5.74, 6) is -0.353. The van der Waals surface area contributed by atoms with Crippen molar-refractivity contribution in [1.29, 1.82) is 0 Å². The molecule has 8 heteroatoms. The Labute approximate surface area is 148 Å². The van der Waals surface area contributed by atoms with Gasteiger partial charge in [0.1, 0.15) is 6.61 Å². The molecule has 0 saturated carbocycles. The van der Waals surface area contributed by atoms with Crippen LogP contribution in [0.4, 0.5) is 11.4 Å². The Morgan fingerprint density at radius 2 is 2.00 bits per heavy atom. The molecule has 1 heterocycles. The van der Waals surface area contributed by atoms with E-state index in [-0.39, 0.29) is 17.3 Å². The lowest BCUT2D eigenvalue weighted by Crippen LogP contribution is -2.12. The van der Waals surface area contributed by atoms with E-state index in [0.29, 0.717) is 17.9 Å². The van der Waals surface area contributed by atoms with Crippen molar-refractivity contribution < 1.29 is 19.0 Å². The second-order valence-corrected chi connectivity index (χ2v) is 5.51. The molecule has 0 fully saturated rings. The van der Waals surface area contributed by atoms with Gasteiger partial charge in [-0.2, -0.15) is 0 Å². The fraction of sp³-hybridized carbons (Fsp3) is 0.111. The quantitative estimate of drug-likeness (QED) is 0.534. The normalized spacial score (nSPS) is 10.3. The number of rotatable bonds is 6. The van der Waals surface area contributed by atoms with E-state index in [1.54, 1.807) is 6.92 Å². The molecule has 0 atom stereocenters. The average molecular weight is 353 g/mol. The van der Waals surface area contributed by atoms with Crippen LogP contribution in [0.15, 0.2) is 59.1 Å². The Hall–Kier alpha value is -3.68. The minimum atomic E-state index is -0.524. The summed E-state index contributed by atoms with van der Waals surface area (Å²) < 4.78 is 10.5. The molecule has 0 saturated heterocycles. The predicted octanol–water partition coefficient (Wildman–Crippen LogP) is 3.72. The van der Waals surface area contributed by atoms with Crippen molar-refractivity contribution in [1.82, 2.24) is 5.16 Å². The van der Waals surface area contributed by atoms with Gasteiger partial charge in [0.25, 0.3) is 17.5 Å². The van der Waals surface area contributed by atoms with Crippen molar-refractivity contribution in [3.63, 3.8) is 0 Å². The molecule has 1 aromatic heterocycles. The van der Waals surface area contributed by atoms with Gasteiger partial charge in [-0.3, -0.25) is 14.9 Å². The molecule has 26 heavy (non-hydrogen) atoms. The lowest BCUT2D eigenvalue weighted by molar-refractivity contribution is -0.384. The van der Waals surface area contributed by atoms with E-state index in [2.05, 4.69) is 10.5 Å². The Morgan fingerprint density at radius 1 is 1.23 bits per heavy atom. The standard InChI is InChI=1S/C18H15N3O5/c1-12-9-14(21(23)24)7-8-15(12)19-18(22)16-10-17(20-26-16)25-11-13-5-3-2-4-6-13/h2-10H,11H2,1H3,(H,19,22). The van der Waals surface area contributed by atoms with Crippen LogP contribution in [0.25, 0.3) is 0 Å². The molecule has 132 valence electrons. The van der Waals surface area contributed by atoms with E-state index < -0.39 is 10.8 Å². The summed E-state index contributed by atoms with van der Waals surface area (Å²) in [6.07, 6.45) is 0. The van der Waals surface area contributed by atoms with Crippen molar-refractivity contribution in [2.24, 2.45) is 0 Å². The first-order valence-corrected chi connectivity index (χ1v) is 7.73. The van der Waals surface area contributed by atoms with Gasteiger partial charge in [0.05, 0.1) is 11.0 Å². The number of nitro groups is 1. The third-order valence-corrected chi connectivity index (χ3v) is 3.61. The van der Waals surface area contributed by atoms with E-state index in [1.807, 2.05) is 30.3 Å². The summed E-state index contributed by atoms with van der Waals surface area (Å²) in [5, 5.41) is 17.1. The van der Waals surface area contributed by atoms with Gasteiger partial charge in [-0.25, -0.2) is 0 Å². The molecule has 0 bridgehead atoms. The fourth-order valence-corrected chi connectivity index (χ4v) is 2.25. The highest BCUT2D eigenvalue weighted by molar-refractivity contribution is 6.02. The van der Waals surface area contributed by atoms with Crippen LogP contribution >= 0.6 is 0 Å². The van der Waals surface area contributed by atoms with Crippen LogP contribution in [0.2, 0.25) is 0 Å². The summed E-state index contributed by atoms with van der Waals surface area (Å²) in [4.78, 5) is 22.5. The number of nitro benzene ring substituents is 1. The van der Waals surface area contributed by atoms with Gasteiger partial charge in [-0.15, -0.1) is 0 Å². The van der Waals surface area contributed by atoms with Crippen molar-refractivity contribution in [3.8, 4) is 5.88 Å². The lowest BCUT2D eigenvalue weighted by atomic mass is 10.2. The van der Waals surface area contributed by atoms with Crippen LogP contribution in [-0.2, 0) is 6.61 Å². The fourth-order valence-electron chi connectivity index (χ4n) is 2.25. The van der Waals surface area contributed by atoms with Crippen LogP contribution < -0.4 is 10.1 Å². The number of aryl methyl sites for hydroxylation is 1.